The fourth-order valence-corrected chi connectivity index (χ4v) is 3.72. The molecule has 0 aliphatic carbocycles. The van der Waals surface area contributed by atoms with Crippen LogP contribution < -0.4 is 14.2 Å². The van der Waals surface area contributed by atoms with E-state index in [0.29, 0.717) is 25.4 Å². The van der Waals surface area contributed by atoms with Crippen LogP contribution in [-0.2, 0) is 19.2 Å². The van der Waals surface area contributed by atoms with E-state index in [0.717, 1.165) is 58.7 Å². The van der Waals surface area contributed by atoms with E-state index in [-0.39, 0.29) is 12.5 Å². The Bertz CT molecular complexity index is 1330. The molecule has 4 aromatic rings. The van der Waals surface area contributed by atoms with E-state index in [9.17, 15) is 13.2 Å². The van der Waals surface area contributed by atoms with Gasteiger partial charge in [-0.15, -0.1) is 0 Å². The molecule has 0 aliphatic rings. The Morgan fingerprint density at radius 1 is 0.892 bits per heavy atom. The van der Waals surface area contributed by atoms with Gasteiger partial charge < -0.3 is 14.2 Å². The van der Waals surface area contributed by atoms with E-state index >= 15 is 0 Å². The number of unbranched alkanes of at least 4 members (excludes halogenated alkanes) is 1. The molecule has 6 nitrogen and oxygen atoms in total. The van der Waals surface area contributed by atoms with Gasteiger partial charge in [0.1, 0.15) is 24.4 Å². The molecular formula is C28H28F3N3O3. The molecular weight excluding hydrogens is 483 g/mol. The minimum absolute atomic E-state index is 0.112. The standard InChI is InChI=1S/C28H28F3N3O3/c1-3-4-14-36-27-19(2)24(34-23-8-6-5-7-22(23)27)17-37-21-11-9-20(10-12-21)13-15-35-26-16-25(28(29,30)31)32-18-33-26/h5-12,16,18H,3-4,13-15,17H2,1-2H3. The quantitative estimate of drug-likeness (QED) is 0.208. The van der Waals surface area contributed by atoms with Gasteiger partial charge in [0.15, 0.2) is 5.69 Å². The first-order valence-electron chi connectivity index (χ1n) is 12.1. The van der Waals surface area contributed by atoms with Crippen LogP contribution in [0.15, 0.2) is 60.9 Å². The van der Waals surface area contributed by atoms with Gasteiger partial charge in [-0.2, -0.15) is 13.2 Å². The lowest BCUT2D eigenvalue weighted by Crippen LogP contribution is -2.10. The Balaban J connectivity index is 1.36. The second-order valence-corrected chi connectivity index (χ2v) is 8.50. The van der Waals surface area contributed by atoms with Gasteiger partial charge >= 0.3 is 6.18 Å². The van der Waals surface area contributed by atoms with Crippen LogP contribution in [0.4, 0.5) is 13.2 Å². The summed E-state index contributed by atoms with van der Waals surface area (Å²) >= 11 is 0. The third kappa shape index (κ3) is 6.87. The molecule has 9 heteroatoms. The largest absolute Gasteiger partial charge is 0.493 e. The van der Waals surface area contributed by atoms with Gasteiger partial charge in [0.25, 0.3) is 0 Å². The summed E-state index contributed by atoms with van der Waals surface area (Å²) in [6, 6.07) is 16.2. The average Bonchev–Trinajstić information content (AvgIpc) is 2.89. The highest BCUT2D eigenvalue weighted by atomic mass is 19.4. The molecule has 37 heavy (non-hydrogen) atoms. The van der Waals surface area contributed by atoms with Gasteiger partial charge in [0.05, 0.1) is 24.4 Å². The molecule has 2 aromatic carbocycles. The topological polar surface area (TPSA) is 66.4 Å². The molecule has 0 bridgehead atoms. The highest BCUT2D eigenvalue weighted by Crippen LogP contribution is 2.31. The maximum atomic E-state index is 12.8. The maximum Gasteiger partial charge on any atom is 0.433 e. The van der Waals surface area contributed by atoms with Crippen molar-refractivity contribution in [3.05, 3.63) is 83.4 Å². The number of aromatic nitrogens is 3. The first-order chi connectivity index (χ1) is 17.8. The van der Waals surface area contributed by atoms with Crippen LogP contribution in [0, 0.1) is 6.92 Å². The van der Waals surface area contributed by atoms with E-state index in [1.54, 1.807) is 0 Å². The van der Waals surface area contributed by atoms with Crippen molar-refractivity contribution < 1.29 is 27.4 Å². The number of rotatable bonds is 11. The lowest BCUT2D eigenvalue weighted by atomic mass is 10.1. The van der Waals surface area contributed by atoms with Crippen molar-refractivity contribution in [1.82, 2.24) is 15.0 Å². The zero-order chi connectivity index (χ0) is 26.3. The summed E-state index contributed by atoms with van der Waals surface area (Å²) in [7, 11) is 0. The lowest BCUT2D eigenvalue weighted by Gasteiger charge is -2.16. The van der Waals surface area contributed by atoms with E-state index in [4.69, 9.17) is 19.2 Å². The zero-order valence-corrected chi connectivity index (χ0v) is 20.7. The van der Waals surface area contributed by atoms with Gasteiger partial charge in [-0.1, -0.05) is 37.6 Å². The van der Waals surface area contributed by atoms with Crippen LogP contribution in [0.25, 0.3) is 10.9 Å². The highest BCUT2D eigenvalue weighted by molar-refractivity contribution is 5.86. The Labute approximate surface area is 213 Å². The van der Waals surface area contributed by atoms with Crippen molar-refractivity contribution in [2.24, 2.45) is 0 Å². The van der Waals surface area contributed by atoms with Gasteiger partial charge in [-0.05, 0) is 43.2 Å². The van der Waals surface area contributed by atoms with Gasteiger partial charge in [-0.25, -0.2) is 15.0 Å². The second kappa shape index (κ2) is 11.9. The summed E-state index contributed by atoms with van der Waals surface area (Å²) in [5.74, 6) is 1.41. The summed E-state index contributed by atoms with van der Waals surface area (Å²) in [4.78, 5) is 11.7. The smallest absolute Gasteiger partial charge is 0.433 e. The Morgan fingerprint density at radius 2 is 1.68 bits per heavy atom. The lowest BCUT2D eigenvalue weighted by molar-refractivity contribution is -0.141. The minimum atomic E-state index is -4.54. The monoisotopic (exact) mass is 511 g/mol. The van der Waals surface area contributed by atoms with E-state index in [2.05, 4.69) is 16.9 Å². The Hall–Kier alpha value is -3.88. The Kier molecular flexibility index (Phi) is 8.43. The van der Waals surface area contributed by atoms with E-state index in [1.807, 2.05) is 55.5 Å². The highest BCUT2D eigenvalue weighted by Gasteiger charge is 2.33. The first-order valence-corrected chi connectivity index (χ1v) is 12.1. The molecule has 0 amide bonds. The normalized spacial score (nSPS) is 11.5. The molecule has 2 aromatic heterocycles. The first kappa shape index (κ1) is 26.2. The predicted octanol–water partition coefficient (Wildman–Crippen LogP) is 6.73. The second-order valence-electron chi connectivity index (χ2n) is 8.50. The van der Waals surface area contributed by atoms with Crippen molar-refractivity contribution in [2.75, 3.05) is 13.2 Å². The van der Waals surface area contributed by atoms with E-state index < -0.39 is 11.9 Å². The fraction of sp³-hybridized carbons (Fsp3) is 0.321. The number of nitrogens with zero attached hydrogens (tertiary/aromatic N) is 3. The molecule has 0 aliphatic heterocycles. The summed E-state index contributed by atoms with van der Waals surface area (Å²) in [6.45, 7) is 5.24. The van der Waals surface area contributed by atoms with Gasteiger partial charge in [0.2, 0.25) is 5.88 Å². The number of para-hydroxylation sites is 1. The third-order valence-electron chi connectivity index (χ3n) is 5.79. The summed E-state index contributed by atoms with van der Waals surface area (Å²) in [6.07, 6.45) is -1.17. The summed E-state index contributed by atoms with van der Waals surface area (Å²) in [5.41, 5.74) is 2.55. The number of halogens is 3. The molecule has 0 atom stereocenters. The van der Waals surface area contributed by atoms with Crippen LogP contribution in [-0.4, -0.2) is 28.2 Å². The number of ether oxygens (including phenoxy) is 3. The SMILES string of the molecule is CCCCOc1c(C)c(COc2ccc(CCOc3cc(C(F)(F)F)ncn3)cc2)nc2ccccc12. The molecule has 0 radical (unpaired) electrons. The van der Waals surface area contributed by atoms with Crippen LogP contribution in [0.5, 0.6) is 17.4 Å². The van der Waals surface area contributed by atoms with Crippen LogP contribution in [0.1, 0.15) is 42.3 Å². The van der Waals surface area contributed by atoms with Crippen molar-refractivity contribution in [1.29, 1.82) is 0 Å². The van der Waals surface area contributed by atoms with Crippen LogP contribution in [0.3, 0.4) is 0 Å². The van der Waals surface area contributed by atoms with Crippen molar-refractivity contribution in [3.8, 4) is 17.4 Å². The molecule has 0 unspecified atom stereocenters. The van der Waals surface area contributed by atoms with Crippen molar-refractivity contribution in [2.45, 2.75) is 45.9 Å². The number of alkyl halides is 3. The molecule has 0 spiro atoms. The van der Waals surface area contributed by atoms with Crippen LogP contribution >= 0.6 is 0 Å². The number of hydrogen-bond acceptors (Lipinski definition) is 6. The Morgan fingerprint density at radius 3 is 2.43 bits per heavy atom. The molecule has 194 valence electrons. The average molecular weight is 512 g/mol. The van der Waals surface area contributed by atoms with E-state index in [1.165, 1.54) is 0 Å². The van der Waals surface area contributed by atoms with Crippen LogP contribution in [0.2, 0.25) is 0 Å². The summed E-state index contributed by atoms with van der Waals surface area (Å²) in [5, 5.41) is 0.989. The van der Waals surface area contributed by atoms with Gasteiger partial charge in [-0.3, -0.25) is 0 Å². The number of pyridine rings is 1. The molecule has 0 saturated heterocycles. The fourth-order valence-electron chi connectivity index (χ4n) is 3.72. The molecule has 2 heterocycles. The van der Waals surface area contributed by atoms with Gasteiger partial charge in [0, 0.05) is 23.4 Å². The van der Waals surface area contributed by atoms with Crippen molar-refractivity contribution >= 4 is 10.9 Å². The predicted molar refractivity (Wildman–Crippen MR) is 134 cm³/mol. The molecule has 4 rings (SSSR count). The third-order valence-corrected chi connectivity index (χ3v) is 5.79. The molecule has 0 saturated carbocycles. The zero-order valence-electron chi connectivity index (χ0n) is 20.7. The molecule has 0 fully saturated rings. The number of hydrogen-bond donors (Lipinski definition) is 0. The maximum absolute atomic E-state index is 12.8. The molecule has 0 N–H and O–H groups in total. The number of fused-ring (bicyclic) bond motifs is 1. The number of benzene rings is 2. The summed E-state index contributed by atoms with van der Waals surface area (Å²) < 4.78 is 55.8. The van der Waals surface area contributed by atoms with Crippen molar-refractivity contribution in [3.63, 3.8) is 0 Å². The minimum Gasteiger partial charge on any atom is -0.493 e.